The molecule has 0 saturated carbocycles. The summed E-state index contributed by atoms with van der Waals surface area (Å²) in [5.74, 6) is 0. The van der Waals surface area contributed by atoms with Crippen LogP contribution < -0.4 is 10.6 Å². The van der Waals surface area contributed by atoms with Crippen molar-refractivity contribution in [2.75, 3.05) is 0 Å². The van der Waals surface area contributed by atoms with Crippen LogP contribution in [0.4, 0.5) is 0 Å². The molecule has 10 aliphatic rings. The van der Waals surface area contributed by atoms with Crippen molar-refractivity contribution >= 4 is 18.5 Å². The van der Waals surface area contributed by atoms with Gasteiger partial charge < -0.3 is 0 Å². The maximum atomic E-state index is 2.75. The van der Waals surface area contributed by atoms with Gasteiger partial charge in [0.25, 0.3) is 0 Å². The van der Waals surface area contributed by atoms with E-state index in [2.05, 4.69) is 64.1 Å². The van der Waals surface area contributed by atoms with Crippen molar-refractivity contribution in [3.8, 4) is 0 Å². The zero-order valence-electron chi connectivity index (χ0n) is 25.4. The van der Waals surface area contributed by atoms with Gasteiger partial charge in [-0.3, -0.25) is 0 Å². The van der Waals surface area contributed by atoms with Gasteiger partial charge in [0.05, 0.1) is 0 Å². The Kier molecular flexibility index (Phi) is 2.26. The second-order valence-electron chi connectivity index (χ2n) is 17.4. The summed E-state index contributed by atoms with van der Waals surface area (Å²) in [5.41, 5.74) is 7.25. The summed E-state index contributed by atoms with van der Waals surface area (Å²) in [4.78, 5) is 12.6. The standard InChI is InChI=1S/C33H46P.C5H5.Ni/c1-5-9-17-27-19-15-25-32(30(27)23-11-7-3)34(29-21-13-14-22-29)33-26-16-20-28(18-10-6-2)31(33)24-12-8-4;1-2-4-5-3-1;/h13-16,19-22,25-26H,5-12,17-18,23-24H2,1-4H3;1-5H;. The number of aryl methyl sites for hydroxylation is 2. The van der Waals surface area contributed by atoms with Crippen molar-refractivity contribution < 1.29 is 6.23 Å². The molecule has 4 atom stereocenters. The Hall–Kier alpha value is -0.636. The van der Waals surface area contributed by atoms with Crippen molar-refractivity contribution in [1.29, 1.82) is 0 Å². The second-order valence-corrected chi connectivity index (χ2v) is 41.2. The molecule has 0 radical (unpaired) electrons. The summed E-state index contributed by atoms with van der Waals surface area (Å²) in [5, 5.41) is 3.90. The van der Waals surface area contributed by atoms with Crippen LogP contribution in [0.25, 0.3) is 0 Å². The maximum absolute atomic E-state index is 3.13. The summed E-state index contributed by atoms with van der Waals surface area (Å²) in [6, 6.07) is 15.7. The molecule has 2 aromatic carbocycles. The van der Waals surface area contributed by atoms with Crippen LogP contribution in [-0.2, 0) is 31.9 Å². The molecule has 0 aromatic heterocycles. The van der Waals surface area contributed by atoms with Crippen LogP contribution in [0.5, 0.6) is 0 Å². The topological polar surface area (TPSA) is 0 Å². The molecule has 0 nitrogen and oxygen atoms in total. The Balaban J connectivity index is 1.11. The molecular formula is C38H51NiP. The van der Waals surface area contributed by atoms with E-state index in [0.717, 1.165) is 4.13 Å². The third kappa shape index (κ3) is 0.676. The normalized spacial score (nSPS) is 57.6. The van der Waals surface area contributed by atoms with Crippen LogP contribution in [-0.4, -0.2) is 4.13 Å². The zero-order valence-corrected chi connectivity index (χ0v) is 27.3. The van der Waals surface area contributed by atoms with E-state index in [1.165, 1.54) is 121 Å². The predicted octanol–water partition coefficient (Wildman–Crippen LogP) is 10.8. The van der Waals surface area contributed by atoms with E-state index in [0.29, 0.717) is 0 Å². The summed E-state index contributed by atoms with van der Waals surface area (Å²) in [6.45, 7) is 9.61. The summed E-state index contributed by atoms with van der Waals surface area (Å²) >= 11 is 0. The van der Waals surface area contributed by atoms with E-state index >= 15 is 0 Å². The van der Waals surface area contributed by atoms with E-state index in [1.54, 1.807) is 11.1 Å². The fraction of sp³-hybridized carbons (Fsp3) is 0.684. The Morgan fingerprint density at radius 1 is 0.550 bits per heavy atom. The van der Waals surface area contributed by atoms with Crippen LogP contribution in [0.3, 0.4) is 0 Å². The van der Waals surface area contributed by atoms with Crippen molar-refractivity contribution in [3.63, 3.8) is 0 Å². The number of rotatable bonds is 15. The Bertz CT molecular complexity index is 1720. The molecule has 0 amide bonds. The van der Waals surface area contributed by atoms with Crippen LogP contribution >= 0.6 is 7.92 Å². The van der Waals surface area contributed by atoms with Gasteiger partial charge in [0.1, 0.15) is 0 Å². The summed E-state index contributed by atoms with van der Waals surface area (Å²) in [6.07, 6.45) is 12.9. The van der Waals surface area contributed by atoms with Gasteiger partial charge in [0.15, 0.2) is 0 Å². The van der Waals surface area contributed by atoms with E-state index in [1.807, 2.05) is 21.7 Å². The first kappa shape index (κ1) is 22.8. The quantitative estimate of drug-likeness (QED) is 0.142. The van der Waals surface area contributed by atoms with Gasteiger partial charge in [-0.1, -0.05) is 0 Å². The SMILES string of the molecule is CCCCc1cccc(P(c2cccc(CCCC)c2CCCC)[C]23[CH]4[CH]5[CH]6[CH]2[Ni]56432789[CH]3[CH]2[CH]7[CH]8[CH]39)c1CCCC. The van der Waals surface area contributed by atoms with Crippen molar-refractivity contribution in [2.45, 2.75) is 153 Å². The molecule has 2 aromatic rings. The average Bonchev–Trinajstić information content (AvgIpc) is 3.92. The molecule has 2 heteroatoms. The van der Waals surface area contributed by atoms with Crippen LogP contribution in [0, 0.1) is 0 Å². The van der Waals surface area contributed by atoms with Gasteiger partial charge in [-0.05, 0) is 0 Å². The third-order valence-electron chi connectivity index (χ3n) is 19.7. The first-order valence-electron chi connectivity index (χ1n) is 17.4. The average molecular weight is 597 g/mol. The van der Waals surface area contributed by atoms with E-state index in [4.69, 9.17) is 0 Å². The molecule has 218 valence electrons. The van der Waals surface area contributed by atoms with Crippen molar-refractivity contribution in [3.05, 3.63) is 58.7 Å². The van der Waals surface area contributed by atoms with E-state index in [-0.39, 0.29) is 7.92 Å². The Morgan fingerprint density at radius 2 is 0.950 bits per heavy atom. The third-order valence-corrected chi connectivity index (χ3v) is 64.2. The fourth-order valence-corrected chi connectivity index (χ4v) is 96.5. The Morgan fingerprint density at radius 3 is 1.27 bits per heavy atom. The molecule has 4 unspecified atom stereocenters. The molecule has 0 N–H and O–H groups in total. The molecule has 40 heavy (non-hydrogen) atoms. The van der Waals surface area contributed by atoms with Crippen LogP contribution in [0.1, 0.15) is 101 Å². The molecule has 1 spiro atoms. The monoisotopic (exact) mass is 596 g/mol. The number of fused-ring (bicyclic) bond motifs is 10. The summed E-state index contributed by atoms with van der Waals surface area (Å²) < 4.78 is 0.921. The molecule has 10 heterocycles. The van der Waals surface area contributed by atoms with Crippen LogP contribution in [0.2, 0.25) is 44.0 Å². The zero-order chi connectivity index (χ0) is 26.8. The van der Waals surface area contributed by atoms with Gasteiger partial charge in [-0.15, -0.1) is 0 Å². The number of unbranched alkanes of at least 4 members (excludes halogenated alkanes) is 4. The minimum absolute atomic E-state index is 0.211. The van der Waals surface area contributed by atoms with E-state index in [9.17, 15) is 0 Å². The van der Waals surface area contributed by atoms with Gasteiger partial charge in [-0.2, -0.15) is 0 Å². The molecular weight excluding hydrogens is 546 g/mol. The van der Waals surface area contributed by atoms with Crippen molar-refractivity contribution in [2.24, 2.45) is 0 Å². The molecule has 10 aliphatic heterocycles. The Labute approximate surface area is 235 Å². The predicted molar refractivity (Wildman–Crippen MR) is 170 cm³/mol. The second kappa shape index (κ2) is 3.96. The molecule has 0 bridgehead atoms. The van der Waals surface area contributed by atoms with E-state index < -0.39 is 6.23 Å². The molecule has 10 fully saturated rings. The number of hydrogen-bond donors (Lipinski definition) is 0. The fourth-order valence-electron chi connectivity index (χ4n) is 19.5. The molecule has 12 rings (SSSR count). The first-order chi connectivity index (χ1) is 19.4. The minimum atomic E-state index is -3.13. The number of benzene rings is 2. The first-order valence-corrected chi connectivity index (χ1v) is 24.4. The molecule has 0 aliphatic carbocycles. The van der Waals surface area contributed by atoms with Crippen LogP contribution in [0.15, 0.2) is 36.4 Å². The van der Waals surface area contributed by atoms with Gasteiger partial charge in [-0.25, -0.2) is 0 Å². The summed E-state index contributed by atoms with van der Waals surface area (Å²) in [7, 11) is -0.211. The molecule has 10 saturated heterocycles. The number of hydrogen-bond acceptors (Lipinski definition) is 0. The van der Waals surface area contributed by atoms with Gasteiger partial charge in [0, 0.05) is 0 Å². The van der Waals surface area contributed by atoms with Gasteiger partial charge >= 0.3 is 236 Å². The van der Waals surface area contributed by atoms with Crippen molar-refractivity contribution in [1.82, 2.24) is 0 Å². The van der Waals surface area contributed by atoms with Gasteiger partial charge in [0.2, 0.25) is 0 Å².